The Morgan fingerprint density at radius 2 is 2.58 bits per heavy atom. The summed E-state index contributed by atoms with van der Waals surface area (Å²) in [6, 6.07) is 0.644. The zero-order chi connectivity index (χ0) is 8.39. The quantitative estimate of drug-likeness (QED) is 0.692. The summed E-state index contributed by atoms with van der Waals surface area (Å²) in [5.74, 6) is 0.565. The smallest absolute Gasteiger partial charge is 0.0921 e. The average Bonchev–Trinajstić information content (AvgIpc) is 2.77. The van der Waals surface area contributed by atoms with Gasteiger partial charge in [0.1, 0.15) is 0 Å². The summed E-state index contributed by atoms with van der Waals surface area (Å²) in [5, 5.41) is 3.50. The lowest BCUT2D eigenvalue weighted by molar-refractivity contribution is 0.510. The molecule has 3 nitrogen and oxygen atoms in total. The van der Waals surface area contributed by atoms with Crippen LogP contribution in [0.25, 0.3) is 0 Å². The van der Waals surface area contributed by atoms with Crippen molar-refractivity contribution in [3.63, 3.8) is 0 Å². The molecule has 0 aromatic carbocycles. The summed E-state index contributed by atoms with van der Waals surface area (Å²) in [7, 11) is 0. The van der Waals surface area contributed by atoms with Crippen LogP contribution in [0.15, 0.2) is 12.5 Å². The number of nitrogens with zero attached hydrogens (tertiary/aromatic N) is 1. The number of hydrogen-bond acceptors (Lipinski definition) is 2. The zero-order valence-corrected chi connectivity index (χ0v) is 7.38. The Bertz CT molecular complexity index is 224. The van der Waals surface area contributed by atoms with Crippen molar-refractivity contribution >= 4 is 0 Å². The van der Waals surface area contributed by atoms with Gasteiger partial charge in [-0.3, -0.25) is 0 Å². The van der Waals surface area contributed by atoms with Crippen molar-refractivity contribution in [2.24, 2.45) is 0 Å². The number of aromatic amines is 1. The Morgan fingerprint density at radius 3 is 3.17 bits per heavy atom. The van der Waals surface area contributed by atoms with Crippen LogP contribution in [0.1, 0.15) is 31.4 Å². The van der Waals surface area contributed by atoms with Crippen LogP contribution in [-0.4, -0.2) is 22.6 Å². The third kappa shape index (κ3) is 1.37. The third-order valence-electron chi connectivity index (χ3n) is 2.71. The second-order valence-corrected chi connectivity index (χ2v) is 3.50. The number of hydrogen-bond donors (Lipinski definition) is 2. The number of aromatic nitrogens is 2. The van der Waals surface area contributed by atoms with Gasteiger partial charge in [0.05, 0.1) is 6.33 Å². The Balaban J connectivity index is 2.04. The van der Waals surface area contributed by atoms with Crippen LogP contribution in [0, 0.1) is 0 Å². The first-order valence-electron chi connectivity index (χ1n) is 4.59. The minimum absolute atomic E-state index is 0.565. The van der Waals surface area contributed by atoms with Crippen molar-refractivity contribution in [1.82, 2.24) is 15.3 Å². The van der Waals surface area contributed by atoms with Gasteiger partial charge in [0.25, 0.3) is 0 Å². The molecular formula is C9H15N3. The lowest BCUT2D eigenvalue weighted by Crippen LogP contribution is -2.27. The van der Waals surface area contributed by atoms with E-state index in [0.717, 1.165) is 0 Å². The minimum Gasteiger partial charge on any atom is -0.348 e. The van der Waals surface area contributed by atoms with Crippen LogP contribution in [0.2, 0.25) is 0 Å². The summed E-state index contributed by atoms with van der Waals surface area (Å²) < 4.78 is 0. The summed E-state index contributed by atoms with van der Waals surface area (Å²) >= 11 is 0. The fraction of sp³-hybridized carbons (Fsp3) is 0.667. The fourth-order valence-corrected chi connectivity index (χ4v) is 1.87. The van der Waals surface area contributed by atoms with E-state index in [1.54, 1.807) is 6.33 Å². The molecule has 1 aromatic heterocycles. The lowest BCUT2D eigenvalue weighted by atomic mass is 9.98. The molecule has 1 aliphatic heterocycles. The average molecular weight is 165 g/mol. The Hall–Kier alpha value is -0.830. The molecule has 66 valence electrons. The number of nitrogens with one attached hydrogen (secondary N) is 2. The molecule has 2 unspecified atom stereocenters. The monoisotopic (exact) mass is 165 g/mol. The normalized spacial score (nSPS) is 25.9. The zero-order valence-electron chi connectivity index (χ0n) is 7.38. The SMILES string of the molecule is CC(c1cnc[nH]1)C1CCCN1. The molecule has 1 fully saturated rings. The maximum absolute atomic E-state index is 4.03. The molecule has 2 rings (SSSR count). The highest BCUT2D eigenvalue weighted by Crippen LogP contribution is 2.22. The van der Waals surface area contributed by atoms with Crippen LogP contribution in [0.3, 0.4) is 0 Å². The molecular weight excluding hydrogens is 150 g/mol. The van der Waals surface area contributed by atoms with E-state index in [1.807, 2.05) is 6.20 Å². The first-order valence-corrected chi connectivity index (χ1v) is 4.59. The second-order valence-electron chi connectivity index (χ2n) is 3.50. The summed E-state index contributed by atoms with van der Waals surface area (Å²) in [6.45, 7) is 3.42. The van der Waals surface area contributed by atoms with Crippen LogP contribution in [0.4, 0.5) is 0 Å². The number of imidazole rings is 1. The first kappa shape index (κ1) is 7.80. The van der Waals surface area contributed by atoms with Crippen molar-refractivity contribution in [1.29, 1.82) is 0 Å². The molecule has 3 heteroatoms. The predicted octanol–water partition coefficient (Wildman–Crippen LogP) is 1.27. The second kappa shape index (κ2) is 3.27. The van der Waals surface area contributed by atoms with E-state index in [2.05, 4.69) is 22.2 Å². The highest BCUT2D eigenvalue weighted by atomic mass is 15.0. The van der Waals surface area contributed by atoms with Gasteiger partial charge < -0.3 is 10.3 Å². The molecule has 12 heavy (non-hydrogen) atoms. The van der Waals surface area contributed by atoms with E-state index in [-0.39, 0.29) is 0 Å². The third-order valence-corrected chi connectivity index (χ3v) is 2.71. The topological polar surface area (TPSA) is 40.7 Å². The molecule has 2 heterocycles. The van der Waals surface area contributed by atoms with Crippen molar-refractivity contribution in [2.75, 3.05) is 6.54 Å². The van der Waals surface area contributed by atoms with Gasteiger partial charge in [-0.25, -0.2) is 4.98 Å². The molecule has 0 radical (unpaired) electrons. The van der Waals surface area contributed by atoms with Gasteiger partial charge in [-0.2, -0.15) is 0 Å². The first-order chi connectivity index (χ1) is 5.88. The molecule has 2 N–H and O–H groups in total. The highest BCUT2D eigenvalue weighted by Gasteiger charge is 2.22. The molecule has 0 saturated carbocycles. The van der Waals surface area contributed by atoms with E-state index in [9.17, 15) is 0 Å². The van der Waals surface area contributed by atoms with E-state index in [4.69, 9.17) is 0 Å². The van der Waals surface area contributed by atoms with Gasteiger partial charge >= 0.3 is 0 Å². The molecule has 2 atom stereocenters. The van der Waals surface area contributed by atoms with E-state index in [1.165, 1.54) is 25.1 Å². The van der Waals surface area contributed by atoms with Gasteiger partial charge in [-0.05, 0) is 19.4 Å². The molecule has 0 bridgehead atoms. The summed E-state index contributed by atoms with van der Waals surface area (Å²) in [5.41, 5.74) is 1.24. The highest BCUT2D eigenvalue weighted by molar-refractivity contribution is 5.06. The van der Waals surface area contributed by atoms with Crippen molar-refractivity contribution in [3.05, 3.63) is 18.2 Å². The maximum Gasteiger partial charge on any atom is 0.0921 e. The van der Waals surface area contributed by atoms with Gasteiger partial charge in [-0.1, -0.05) is 6.92 Å². The maximum atomic E-state index is 4.03. The molecule has 1 saturated heterocycles. The fourth-order valence-electron chi connectivity index (χ4n) is 1.87. The lowest BCUT2D eigenvalue weighted by Gasteiger charge is -2.17. The standard InChI is InChI=1S/C9H15N3/c1-7(8-3-2-4-11-8)9-5-10-6-12-9/h5-8,11H,2-4H2,1H3,(H,10,12). The van der Waals surface area contributed by atoms with Crippen LogP contribution in [-0.2, 0) is 0 Å². The Labute approximate surface area is 72.6 Å². The molecule has 0 spiro atoms. The predicted molar refractivity (Wildman–Crippen MR) is 48.0 cm³/mol. The summed E-state index contributed by atoms with van der Waals surface area (Å²) in [4.78, 5) is 7.19. The summed E-state index contributed by atoms with van der Waals surface area (Å²) in [6.07, 6.45) is 6.27. The van der Waals surface area contributed by atoms with Gasteiger partial charge in [0, 0.05) is 23.9 Å². The van der Waals surface area contributed by atoms with Crippen LogP contribution < -0.4 is 5.32 Å². The Kier molecular flexibility index (Phi) is 2.13. The van der Waals surface area contributed by atoms with E-state index in [0.29, 0.717) is 12.0 Å². The van der Waals surface area contributed by atoms with Crippen LogP contribution >= 0.6 is 0 Å². The van der Waals surface area contributed by atoms with Gasteiger partial charge in [-0.15, -0.1) is 0 Å². The van der Waals surface area contributed by atoms with E-state index < -0.39 is 0 Å². The number of rotatable bonds is 2. The van der Waals surface area contributed by atoms with Gasteiger partial charge in [0.2, 0.25) is 0 Å². The molecule has 0 aliphatic carbocycles. The van der Waals surface area contributed by atoms with E-state index >= 15 is 0 Å². The molecule has 0 amide bonds. The molecule has 1 aliphatic rings. The molecule has 1 aromatic rings. The van der Waals surface area contributed by atoms with Crippen molar-refractivity contribution < 1.29 is 0 Å². The van der Waals surface area contributed by atoms with Crippen LogP contribution in [0.5, 0.6) is 0 Å². The Morgan fingerprint density at radius 1 is 1.67 bits per heavy atom. The number of H-pyrrole nitrogens is 1. The minimum atomic E-state index is 0.565. The van der Waals surface area contributed by atoms with Gasteiger partial charge in [0.15, 0.2) is 0 Å². The van der Waals surface area contributed by atoms with Crippen molar-refractivity contribution in [2.45, 2.75) is 31.7 Å². The van der Waals surface area contributed by atoms with Crippen molar-refractivity contribution in [3.8, 4) is 0 Å². The largest absolute Gasteiger partial charge is 0.348 e.